The molecule has 0 aliphatic carbocycles. The maximum Gasteiger partial charge on any atom is 0.253 e. The van der Waals surface area contributed by atoms with Crippen molar-refractivity contribution in [3.05, 3.63) is 0 Å². The first-order valence-electron chi connectivity index (χ1n) is 5.07. The molecule has 2 heterocycles. The lowest BCUT2D eigenvalue weighted by Crippen LogP contribution is -2.52. The van der Waals surface area contributed by atoms with E-state index in [-0.39, 0.29) is 24.4 Å². The molecule has 6 heteroatoms. The number of hydrogen-bond donors (Lipinski definition) is 1. The second kappa shape index (κ2) is 6.27. The summed E-state index contributed by atoms with van der Waals surface area (Å²) in [6, 6.07) is 0. The number of hydrogen-bond acceptors (Lipinski definition) is 4. The molecule has 2 aliphatic heterocycles. The zero-order valence-corrected chi connectivity index (χ0v) is 9.42. The molecule has 1 N–H and O–H groups in total. The zero-order chi connectivity index (χ0) is 9.80. The van der Waals surface area contributed by atoms with Crippen molar-refractivity contribution in [2.45, 2.75) is 6.10 Å². The smallest absolute Gasteiger partial charge is 0.253 e. The molecule has 2 fully saturated rings. The van der Waals surface area contributed by atoms with Crippen molar-refractivity contribution in [3.63, 3.8) is 0 Å². The standard InChI is InChI=1S/C9H16N2O3.ClH/c12-9(8-7-10-1-4-14-8)11-2-5-13-6-3-11;/h8,10H,1-7H2;1H. The van der Waals surface area contributed by atoms with Crippen LogP contribution in [0.1, 0.15) is 0 Å². The number of nitrogens with one attached hydrogen (secondary N) is 1. The molecule has 1 unspecified atom stereocenters. The Morgan fingerprint density at radius 2 is 2.00 bits per heavy atom. The largest absolute Gasteiger partial charge is 0.378 e. The highest BCUT2D eigenvalue weighted by Crippen LogP contribution is 2.05. The van der Waals surface area contributed by atoms with E-state index in [1.807, 2.05) is 4.90 Å². The fourth-order valence-electron chi connectivity index (χ4n) is 1.71. The predicted molar refractivity (Wildman–Crippen MR) is 57.3 cm³/mol. The van der Waals surface area contributed by atoms with Crippen LogP contribution in [0.5, 0.6) is 0 Å². The molecule has 0 spiro atoms. The van der Waals surface area contributed by atoms with Gasteiger partial charge in [-0.25, -0.2) is 0 Å². The van der Waals surface area contributed by atoms with Crippen LogP contribution >= 0.6 is 12.4 Å². The molecule has 0 aromatic heterocycles. The van der Waals surface area contributed by atoms with Gasteiger partial charge in [0, 0.05) is 26.2 Å². The van der Waals surface area contributed by atoms with E-state index in [4.69, 9.17) is 9.47 Å². The summed E-state index contributed by atoms with van der Waals surface area (Å²) < 4.78 is 10.6. The van der Waals surface area contributed by atoms with E-state index < -0.39 is 0 Å². The Labute approximate surface area is 95.5 Å². The van der Waals surface area contributed by atoms with Crippen LogP contribution in [-0.4, -0.2) is 62.9 Å². The highest BCUT2D eigenvalue weighted by Gasteiger charge is 2.27. The summed E-state index contributed by atoms with van der Waals surface area (Å²) in [7, 11) is 0. The minimum Gasteiger partial charge on any atom is -0.378 e. The predicted octanol–water partition coefficient (Wildman–Crippen LogP) is -0.745. The molecule has 0 radical (unpaired) electrons. The lowest BCUT2D eigenvalue weighted by atomic mass is 10.2. The van der Waals surface area contributed by atoms with Crippen LogP contribution in [0.15, 0.2) is 0 Å². The van der Waals surface area contributed by atoms with Gasteiger partial charge >= 0.3 is 0 Å². The highest BCUT2D eigenvalue weighted by atomic mass is 35.5. The molecule has 0 aromatic rings. The first-order valence-corrected chi connectivity index (χ1v) is 5.07. The third-order valence-corrected chi connectivity index (χ3v) is 2.53. The van der Waals surface area contributed by atoms with Gasteiger partial charge in [-0.2, -0.15) is 0 Å². The molecule has 5 nitrogen and oxygen atoms in total. The third kappa shape index (κ3) is 3.31. The summed E-state index contributed by atoms with van der Waals surface area (Å²) >= 11 is 0. The van der Waals surface area contributed by atoms with Gasteiger partial charge in [-0.05, 0) is 0 Å². The molecule has 1 amide bonds. The molecular weight excluding hydrogens is 220 g/mol. The number of carbonyl (C=O) groups excluding carboxylic acids is 1. The Kier molecular flexibility index (Phi) is 5.31. The van der Waals surface area contributed by atoms with Crippen LogP contribution < -0.4 is 5.32 Å². The van der Waals surface area contributed by atoms with Gasteiger partial charge in [0.15, 0.2) is 0 Å². The average molecular weight is 237 g/mol. The van der Waals surface area contributed by atoms with Gasteiger partial charge < -0.3 is 19.7 Å². The van der Waals surface area contributed by atoms with Crippen molar-refractivity contribution >= 4 is 18.3 Å². The maximum absolute atomic E-state index is 11.9. The van der Waals surface area contributed by atoms with E-state index in [2.05, 4.69) is 5.32 Å². The molecule has 1 atom stereocenters. The van der Waals surface area contributed by atoms with Crippen LogP contribution in [0.4, 0.5) is 0 Å². The van der Waals surface area contributed by atoms with Gasteiger partial charge in [-0.1, -0.05) is 0 Å². The monoisotopic (exact) mass is 236 g/mol. The van der Waals surface area contributed by atoms with Gasteiger partial charge in [-0.3, -0.25) is 4.79 Å². The minimum atomic E-state index is -0.290. The number of morpholine rings is 2. The summed E-state index contributed by atoms with van der Waals surface area (Å²) in [5.74, 6) is 0.0977. The van der Waals surface area contributed by atoms with E-state index in [9.17, 15) is 4.79 Å². The number of ether oxygens (including phenoxy) is 2. The fourth-order valence-corrected chi connectivity index (χ4v) is 1.71. The van der Waals surface area contributed by atoms with E-state index in [1.165, 1.54) is 0 Å². The summed E-state index contributed by atoms with van der Waals surface area (Å²) in [5.41, 5.74) is 0. The van der Waals surface area contributed by atoms with Crippen LogP contribution in [0.3, 0.4) is 0 Å². The van der Waals surface area contributed by atoms with Crippen LogP contribution in [0.2, 0.25) is 0 Å². The van der Waals surface area contributed by atoms with Gasteiger partial charge in [0.2, 0.25) is 0 Å². The van der Waals surface area contributed by atoms with Crippen molar-refractivity contribution in [3.8, 4) is 0 Å². The quantitative estimate of drug-likeness (QED) is 0.651. The zero-order valence-electron chi connectivity index (χ0n) is 8.61. The first-order chi connectivity index (χ1) is 6.88. The number of carbonyl (C=O) groups is 1. The van der Waals surface area contributed by atoms with E-state index in [0.717, 1.165) is 6.54 Å². The second-order valence-electron chi connectivity index (χ2n) is 3.50. The average Bonchev–Trinajstić information content (AvgIpc) is 2.30. The molecule has 0 bridgehead atoms. The summed E-state index contributed by atoms with van der Waals surface area (Å²) in [6.45, 7) is 4.78. The third-order valence-electron chi connectivity index (χ3n) is 2.53. The van der Waals surface area contributed by atoms with Crippen LogP contribution in [-0.2, 0) is 14.3 Å². The van der Waals surface area contributed by atoms with Crippen molar-refractivity contribution < 1.29 is 14.3 Å². The van der Waals surface area contributed by atoms with Crippen molar-refractivity contribution in [2.75, 3.05) is 46.0 Å². The van der Waals surface area contributed by atoms with E-state index >= 15 is 0 Å². The molecular formula is C9H17ClN2O3. The van der Waals surface area contributed by atoms with Crippen LogP contribution in [0.25, 0.3) is 0 Å². The van der Waals surface area contributed by atoms with Crippen molar-refractivity contribution in [1.82, 2.24) is 10.2 Å². The Morgan fingerprint density at radius 1 is 1.27 bits per heavy atom. The molecule has 2 saturated heterocycles. The lowest BCUT2D eigenvalue weighted by Gasteiger charge is -2.32. The number of nitrogens with zero attached hydrogens (tertiary/aromatic N) is 1. The topological polar surface area (TPSA) is 50.8 Å². The first kappa shape index (κ1) is 12.7. The number of rotatable bonds is 1. The Hall–Kier alpha value is -0.360. The normalized spacial score (nSPS) is 26.9. The van der Waals surface area contributed by atoms with Crippen molar-refractivity contribution in [1.29, 1.82) is 0 Å². The van der Waals surface area contributed by atoms with Gasteiger partial charge in [0.05, 0.1) is 19.8 Å². The summed E-state index contributed by atoms with van der Waals surface area (Å²) in [5, 5.41) is 3.15. The SMILES string of the molecule is Cl.O=C(C1CNCCO1)N1CCOCC1. The molecule has 88 valence electrons. The summed E-state index contributed by atoms with van der Waals surface area (Å²) in [6.07, 6.45) is -0.290. The van der Waals surface area contributed by atoms with Crippen molar-refractivity contribution in [2.24, 2.45) is 0 Å². The Morgan fingerprint density at radius 3 is 2.60 bits per heavy atom. The number of amides is 1. The van der Waals surface area contributed by atoms with Crippen LogP contribution in [0, 0.1) is 0 Å². The highest BCUT2D eigenvalue weighted by molar-refractivity contribution is 5.85. The van der Waals surface area contributed by atoms with Gasteiger partial charge in [0.25, 0.3) is 5.91 Å². The molecule has 0 saturated carbocycles. The molecule has 0 aromatic carbocycles. The number of halogens is 1. The molecule has 2 rings (SSSR count). The lowest BCUT2D eigenvalue weighted by molar-refractivity contribution is -0.149. The second-order valence-corrected chi connectivity index (χ2v) is 3.50. The van der Waals surface area contributed by atoms with Gasteiger partial charge in [0.1, 0.15) is 6.10 Å². The Bertz CT molecular complexity index is 184. The summed E-state index contributed by atoms with van der Waals surface area (Å²) in [4.78, 5) is 13.7. The maximum atomic E-state index is 11.9. The molecule has 2 aliphatic rings. The minimum absolute atomic E-state index is 0. The van der Waals surface area contributed by atoms with Gasteiger partial charge in [-0.15, -0.1) is 12.4 Å². The van der Waals surface area contributed by atoms with E-state index in [1.54, 1.807) is 0 Å². The Balaban J connectivity index is 0.00000112. The molecule has 15 heavy (non-hydrogen) atoms. The van der Waals surface area contributed by atoms with E-state index in [0.29, 0.717) is 39.5 Å². The fraction of sp³-hybridized carbons (Fsp3) is 0.889.